The van der Waals surface area contributed by atoms with E-state index in [1.54, 1.807) is 0 Å². The Bertz CT molecular complexity index is 672. The summed E-state index contributed by atoms with van der Waals surface area (Å²) in [6, 6.07) is 6.68. The molecule has 116 valence electrons. The fourth-order valence-electron chi connectivity index (χ4n) is 3.28. The molecule has 0 bridgehead atoms. The van der Waals surface area contributed by atoms with Crippen LogP contribution >= 0.6 is 11.3 Å². The van der Waals surface area contributed by atoms with Crippen molar-refractivity contribution in [3.05, 3.63) is 39.3 Å². The number of benzene rings is 1. The van der Waals surface area contributed by atoms with Gasteiger partial charge in [0.1, 0.15) is 0 Å². The summed E-state index contributed by atoms with van der Waals surface area (Å²) >= 11 is 1.86. The van der Waals surface area contributed by atoms with Gasteiger partial charge in [-0.05, 0) is 38.0 Å². The van der Waals surface area contributed by atoms with E-state index in [2.05, 4.69) is 35.9 Å². The molecule has 2 aliphatic rings. The smallest absolute Gasteiger partial charge is 0.231 e. The molecule has 0 amide bonds. The summed E-state index contributed by atoms with van der Waals surface area (Å²) in [5.41, 5.74) is 2.60. The molecule has 0 radical (unpaired) electrons. The minimum Gasteiger partial charge on any atom is -0.454 e. The molecule has 2 aliphatic heterocycles. The van der Waals surface area contributed by atoms with E-state index in [1.807, 2.05) is 17.4 Å². The second kappa shape index (κ2) is 5.56. The monoisotopic (exact) mass is 316 g/mol. The lowest BCUT2D eigenvalue weighted by Gasteiger charge is -2.28. The van der Waals surface area contributed by atoms with Crippen LogP contribution in [-0.2, 0) is 12.8 Å². The number of thiazole rings is 1. The molecule has 1 unspecified atom stereocenters. The fraction of sp³-hybridized carbons (Fsp3) is 0.471. The number of rotatable bonds is 2. The second-order valence-corrected chi connectivity index (χ2v) is 7.22. The van der Waals surface area contributed by atoms with Crippen molar-refractivity contribution in [3.8, 4) is 11.5 Å². The molecule has 0 fully saturated rings. The van der Waals surface area contributed by atoms with Crippen LogP contribution in [0.25, 0.3) is 0 Å². The van der Waals surface area contributed by atoms with E-state index in [0.29, 0.717) is 12.8 Å². The minimum absolute atomic E-state index is 0.335. The van der Waals surface area contributed by atoms with Crippen molar-refractivity contribution < 1.29 is 9.47 Å². The van der Waals surface area contributed by atoms with E-state index in [0.717, 1.165) is 37.4 Å². The van der Waals surface area contributed by atoms with E-state index < -0.39 is 0 Å². The molecule has 5 heteroatoms. The third-order valence-corrected chi connectivity index (χ3v) is 5.65. The Morgan fingerprint density at radius 1 is 1.18 bits per heavy atom. The van der Waals surface area contributed by atoms with E-state index in [1.165, 1.54) is 21.1 Å². The summed E-state index contributed by atoms with van der Waals surface area (Å²) in [7, 11) is 0. The maximum absolute atomic E-state index is 5.50. The lowest BCUT2D eigenvalue weighted by atomic mass is 10.1. The third kappa shape index (κ3) is 2.48. The lowest BCUT2D eigenvalue weighted by Crippen LogP contribution is -2.29. The fourth-order valence-corrected chi connectivity index (χ4v) is 4.25. The molecule has 1 aromatic carbocycles. The van der Waals surface area contributed by atoms with Crippen LogP contribution in [-0.4, -0.2) is 29.8 Å². The first-order valence-electron chi connectivity index (χ1n) is 7.79. The zero-order valence-corrected chi connectivity index (χ0v) is 13.8. The average molecular weight is 316 g/mol. The molecule has 0 saturated carbocycles. The number of aromatic nitrogens is 1. The highest BCUT2D eigenvalue weighted by atomic mass is 32.1. The van der Waals surface area contributed by atoms with E-state index >= 15 is 0 Å². The minimum atomic E-state index is 0.335. The number of ether oxygens (including phenoxy) is 2. The number of aryl methyl sites for hydroxylation is 1. The van der Waals surface area contributed by atoms with Crippen molar-refractivity contribution in [1.29, 1.82) is 0 Å². The maximum atomic E-state index is 5.50. The zero-order chi connectivity index (χ0) is 15.1. The van der Waals surface area contributed by atoms with Crippen molar-refractivity contribution in [1.82, 2.24) is 9.88 Å². The van der Waals surface area contributed by atoms with Crippen molar-refractivity contribution in [3.63, 3.8) is 0 Å². The molecule has 0 spiro atoms. The standard InChI is InChI=1S/C17H20N2O2S/c1-11(13-3-4-15-16(9-13)21-10-20-15)19-7-5-14-17(6-8-19)22-12(2)18-14/h3-4,9,11H,5-8,10H2,1-2H3. The number of hydrogen-bond acceptors (Lipinski definition) is 5. The molecule has 22 heavy (non-hydrogen) atoms. The molecule has 1 aromatic heterocycles. The Hall–Kier alpha value is -1.59. The lowest BCUT2D eigenvalue weighted by molar-refractivity contribution is 0.173. The number of nitrogens with zero attached hydrogens (tertiary/aromatic N) is 2. The molecular formula is C17H20N2O2S. The first-order valence-corrected chi connectivity index (χ1v) is 8.61. The van der Waals surface area contributed by atoms with Gasteiger partial charge in [-0.3, -0.25) is 4.90 Å². The highest BCUT2D eigenvalue weighted by molar-refractivity contribution is 7.11. The van der Waals surface area contributed by atoms with E-state index in [4.69, 9.17) is 9.47 Å². The summed E-state index contributed by atoms with van der Waals surface area (Å²) in [6.07, 6.45) is 2.16. The van der Waals surface area contributed by atoms with Crippen LogP contribution in [0.15, 0.2) is 18.2 Å². The van der Waals surface area contributed by atoms with Crippen LogP contribution in [0, 0.1) is 6.92 Å². The predicted octanol–water partition coefficient (Wildman–Crippen LogP) is 3.34. The summed E-state index contributed by atoms with van der Waals surface area (Å²) in [5, 5.41) is 1.20. The Morgan fingerprint density at radius 3 is 2.91 bits per heavy atom. The van der Waals surface area contributed by atoms with Crippen molar-refractivity contribution in [2.75, 3.05) is 19.9 Å². The van der Waals surface area contributed by atoms with Crippen molar-refractivity contribution in [2.24, 2.45) is 0 Å². The van der Waals surface area contributed by atoms with Crippen LogP contribution in [0.2, 0.25) is 0 Å². The first kappa shape index (κ1) is 14.0. The van der Waals surface area contributed by atoms with Gasteiger partial charge < -0.3 is 9.47 Å². The normalized spacial score (nSPS) is 18.8. The quantitative estimate of drug-likeness (QED) is 0.851. The van der Waals surface area contributed by atoms with Gasteiger partial charge in [0.25, 0.3) is 0 Å². The summed E-state index contributed by atoms with van der Waals surface area (Å²) in [6.45, 7) is 6.86. The molecule has 3 heterocycles. The molecule has 4 nitrogen and oxygen atoms in total. The first-order chi connectivity index (χ1) is 10.7. The van der Waals surface area contributed by atoms with Crippen LogP contribution in [0.3, 0.4) is 0 Å². The molecular weight excluding hydrogens is 296 g/mol. The van der Waals surface area contributed by atoms with E-state index in [-0.39, 0.29) is 0 Å². The SMILES string of the molecule is Cc1nc2c(s1)CCN(C(C)c1ccc3c(c1)OCO3)CC2. The average Bonchev–Trinajstić information content (AvgIpc) is 3.07. The van der Waals surface area contributed by atoms with Gasteiger partial charge >= 0.3 is 0 Å². The number of hydrogen-bond donors (Lipinski definition) is 0. The summed E-state index contributed by atoms with van der Waals surface area (Å²) < 4.78 is 10.9. The van der Waals surface area contributed by atoms with Gasteiger partial charge in [-0.15, -0.1) is 11.3 Å². The Kier molecular flexibility index (Phi) is 3.54. The maximum Gasteiger partial charge on any atom is 0.231 e. The summed E-state index contributed by atoms with van der Waals surface area (Å²) in [4.78, 5) is 8.69. The van der Waals surface area contributed by atoms with Gasteiger partial charge in [0.05, 0.1) is 10.7 Å². The van der Waals surface area contributed by atoms with Gasteiger partial charge in [0, 0.05) is 30.4 Å². The van der Waals surface area contributed by atoms with Gasteiger partial charge in [-0.2, -0.15) is 0 Å². The second-order valence-electron chi connectivity index (χ2n) is 5.93. The Labute approximate surface area is 134 Å². The molecule has 0 aliphatic carbocycles. The van der Waals surface area contributed by atoms with Crippen LogP contribution in [0.5, 0.6) is 11.5 Å². The van der Waals surface area contributed by atoms with Crippen LogP contribution in [0.4, 0.5) is 0 Å². The highest BCUT2D eigenvalue weighted by Gasteiger charge is 2.23. The van der Waals surface area contributed by atoms with Crippen LogP contribution < -0.4 is 9.47 Å². The highest BCUT2D eigenvalue weighted by Crippen LogP contribution is 2.36. The Morgan fingerprint density at radius 2 is 2.00 bits per heavy atom. The number of fused-ring (bicyclic) bond motifs is 2. The van der Waals surface area contributed by atoms with Gasteiger partial charge in [0.2, 0.25) is 6.79 Å². The molecule has 1 atom stereocenters. The van der Waals surface area contributed by atoms with Crippen molar-refractivity contribution >= 4 is 11.3 Å². The molecule has 0 N–H and O–H groups in total. The van der Waals surface area contributed by atoms with E-state index in [9.17, 15) is 0 Å². The topological polar surface area (TPSA) is 34.6 Å². The molecule has 4 rings (SSSR count). The van der Waals surface area contributed by atoms with Crippen molar-refractivity contribution in [2.45, 2.75) is 32.7 Å². The Balaban J connectivity index is 1.51. The summed E-state index contributed by atoms with van der Waals surface area (Å²) in [5.74, 6) is 1.73. The predicted molar refractivity (Wildman–Crippen MR) is 86.8 cm³/mol. The zero-order valence-electron chi connectivity index (χ0n) is 13.0. The van der Waals surface area contributed by atoms with Gasteiger partial charge in [-0.25, -0.2) is 4.98 Å². The van der Waals surface area contributed by atoms with Gasteiger partial charge in [0.15, 0.2) is 11.5 Å². The molecule has 0 saturated heterocycles. The van der Waals surface area contributed by atoms with Crippen LogP contribution in [0.1, 0.15) is 34.1 Å². The largest absolute Gasteiger partial charge is 0.454 e. The van der Waals surface area contributed by atoms with Gasteiger partial charge in [-0.1, -0.05) is 6.07 Å². The third-order valence-electron chi connectivity index (χ3n) is 4.57. The molecule has 2 aromatic rings.